The maximum atomic E-state index is 13.9. The second kappa shape index (κ2) is 20.0. The van der Waals surface area contributed by atoms with E-state index in [0.29, 0.717) is 57.2 Å². The first-order valence-electron chi connectivity index (χ1n) is 20.4. The predicted octanol–water partition coefficient (Wildman–Crippen LogP) is 7.12. The van der Waals surface area contributed by atoms with Crippen molar-refractivity contribution >= 4 is 44.5 Å². The number of nitrogens with one attached hydrogen (secondary N) is 2. The minimum Gasteiger partial charge on any atom is -0.380 e. The van der Waals surface area contributed by atoms with E-state index < -0.39 is 23.7 Å². The van der Waals surface area contributed by atoms with E-state index in [9.17, 15) is 31.1 Å². The molecule has 0 saturated carbocycles. The van der Waals surface area contributed by atoms with Crippen molar-refractivity contribution in [3.05, 3.63) is 180 Å². The molecule has 0 atom stereocenters. The number of carbonyl (C=O) groups is 1. The van der Waals surface area contributed by atoms with Crippen LogP contribution < -0.4 is 11.2 Å². The number of pyridine rings is 3. The van der Waals surface area contributed by atoms with E-state index in [1.807, 2.05) is 25.1 Å². The number of aryl methyl sites for hydroxylation is 1. The predicted molar refractivity (Wildman–Crippen MR) is 239 cm³/mol. The van der Waals surface area contributed by atoms with Crippen LogP contribution in [0.1, 0.15) is 33.9 Å². The average molecular weight is 941 g/mol. The molecule has 0 bridgehead atoms. The number of halogens is 6. The van der Waals surface area contributed by atoms with Crippen LogP contribution in [0, 0.1) is 35.7 Å². The largest absolute Gasteiger partial charge is 0.473 e. The molecular formula is C46H34F6N16O. The van der Waals surface area contributed by atoms with E-state index in [1.165, 1.54) is 46.8 Å². The number of hydrazone groups is 1. The van der Waals surface area contributed by atoms with Crippen molar-refractivity contribution < 1.29 is 31.1 Å². The van der Waals surface area contributed by atoms with Gasteiger partial charge in [-0.3, -0.25) is 38.9 Å². The maximum absolute atomic E-state index is 13.9. The Kier molecular flexibility index (Phi) is 13.4. The number of nitrogens with zero attached hydrogens (tertiary/aromatic N) is 13. The van der Waals surface area contributed by atoms with Gasteiger partial charge in [-0.1, -0.05) is 54.6 Å². The van der Waals surface area contributed by atoms with Gasteiger partial charge >= 0.3 is 12.1 Å². The molecule has 7 aromatic heterocycles. The molecule has 17 nitrogen and oxygen atoms in total. The third-order valence-corrected chi connectivity index (χ3v) is 10.2. The van der Waals surface area contributed by atoms with Gasteiger partial charge in [0, 0.05) is 51.4 Å². The average Bonchev–Trinajstić information content (AvgIpc) is 4.14. The summed E-state index contributed by atoms with van der Waals surface area (Å²) in [7, 11) is 0. The number of nitriles is 1. The first-order valence-corrected chi connectivity index (χ1v) is 20.4. The van der Waals surface area contributed by atoms with Gasteiger partial charge in [0.05, 0.1) is 54.8 Å². The van der Waals surface area contributed by atoms with Crippen molar-refractivity contribution in [2.24, 2.45) is 10.8 Å². The molecule has 0 radical (unpaired) electrons. The summed E-state index contributed by atoms with van der Waals surface area (Å²) in [6.45, 7) is 2.46. The lowest BCUT2D eigenvalue weighted by atomic mass is 10.2. The Balaban J connectivity index is 0.000000142. The van der Waals surface area contributed by atoms with Crippen LogP contribution in [0.2, 0.25) is 0 Å². The molecule has 69 heavy (non-hydrogen) atoms. The number of aromatic amines is 1. The highest BCUT2D eigenvalue weighted by Crippen LogP contribution is 2.26. The van der Waals surface area contributed by atoms with Gasteiger partial charge in [0.1, 0.15) is 40.7 Å². The number of benzene rings is 3. The number of aromatic nitrogens is 12. The molecule has 0 spiro atoms. The van der Waals surface area contributed by atoms with Crippen LogP contribution in [0.15, 0.2) is 133 Å². The van der Waals surface area contributed by atoms with E-state index in [-0.39, 0.29) is 30.4 Å². The van der Waals surface area contributed by atoms with Crippen molar-refractivity contribution in [3.8, 4) is 17.6 Å². The Morgan fingerprint density at radius 1 is 0.696 bits per heavy atom. The van der Waals surface area contributed by atoms with Crippen molar-refractivity contribution in [2.45, 2.75) is 32.7 Å². The number of amides is 1. The molecule has 0 aliphatic carbocycles. The van der Waals surface area contributed by atoms with E-state index in [1.54, 1.807) is 88.7 Å². The quantitative estimate of drug-likeness (QED) is 0.0572. The molecule has 3 aromatic carbocycles. The molecule has 0 saturated heterocycles. The third kappa shape index (κ3) is 10.4. The fraction of sp³-hybridized carbons (Fsp3) is 0.109. The molecular weight excluding hydrogens is 907 g/mol. The van der Waals surface area contributed by atoms with Crippen LogP contribution in [-0.2, 0) is 24.4 Å². The second-order valence-corrected chi connectivity index (χ2v) is 14.8. The number of nitrogens with two attached hydrogens (primary N) is 1. The van der Waals surface area contributed by atoms with Gasteiger partial charge in [0.15, 0.2) is 11.5 Å². The second-order valence-electron chi connectivity index (χ2n) is 14.8. The Morgan fingerprint density at radius 2 is 1.16 bits per heavy atom. The lowest BCUT2D eigenvalue weighted by molar-refractivity contribution is -0.173. The number of amidine groups is 1. The van der Waals surface area contributed by atoms with Gasteiger partial charge in [-0.25, -0.2) is 23.6 Å². The molecule has 4 N–H and O–H groups in total. The van der Waals surface area contributed by atoms with E-state index >= 15 is 0 Å². The molecule has 0 aliphatic heterocycles. The lowest BCUT2D eigenvalue weighted by Gasteiger charge is -2.05. The molecule has 0 aliphatic rings. The summed E-state index contributed by atoms with van der Waals surface area (Å²) >= 11 is 0. The summed E-state index contributed by atoms with van der Waals surface area (Å²) in [5, 5.41) is 34.3. The van der Waals surface area contributed by atoms with Crippen molar-refractivity contribution in [3.63, 3.8) is 0 Å². The number of hydrogen-bond donors (Lipinski definition) is 3. The molecule has 10 aromatic rings. The highest BCUT2D eigenvalue weighted by Gasteiger charge is 2.39. The first kappa shape index (κ1) is 46.2. The monoisotopic (exact) mass is 940 g/mol. The summed E-state index contributed by atoms with van der Waals surface area (Å²) in [6.07, 6.45) is 4.44. The number of H-pyrrole nitrogens is 1. The Hall–Kier alpha value is -9.33. The number of hydrogen-bond acceptors (Lipinski definition) is 11. The van der Waals surface area contributed by atoms with E-state index in [4.69, 9.17) is 11.0 Å². The molecule has 1 amide bonds. The maximum Gasteiger partial charge on any atom is 0.473 e. The Morgan fingerprint density at radius 3 is 1.65 bits per heavy atom. The van der Waals surface area contributed by atoms with Crippen molar-refractivity contribution in [1.29, 1.82) is 5.26 Å². The zero-order valence-electron chi connectivity index (χ0n) is 35.8. The zero-order chi connectivity index (χ0) is 48.7. The van der Waals surface area contributed by atoms with Crippen molar-refractivity contribution in [1.82, 2.24) is 64.9 Å². The summed E-state index contributed by atoms with van der Waals surface area (Å²) in [5.41, 5.74) is 11.5. The van der Waals surface area contributed by atoms with Crippen LogP contribution in [-0.4, -0.2) is 77.4 Å². The van der Waals surface area contributed by atoms with E-state index in [2.05, 4.69) is 50.5 Å². The molecule has 0 unspecified atom stereocenters. The van der Waals surface area contributed by atoms with Crippen molar-refractivity contribution in [2.75, 3.05) is 0 Å². The number of alkyl halides is 3. The highest BCUT2D eigenvalue weighted by atomic mass is 19.4. The minimum atomic E-state index is -5.10. The van der Waals surface area contributed by atoms with Crippen LogP contribution >= 0.6 is 0 Å². The summed E-state index contributed by atoms with van der Waals surface area (Å²) in [5.74, 6) is -2.44. The Labute approximate surface area is 385 Å². The smallest absolute Gasteiger partial charge is 0.380 e. The Bertz CT molecular complexity index is 3530. The van der Waals surface area contributed by atoms with Gasteiger partial charge in [-0.05, 0) is 43.3 Å². The third-order valence-electron chi connectivity index (χ3n) is 10.2. The summed E-state index contributed by atoms with van der Waals surface area (Å²) in [6, 6.07) is 26.4. The molecule has 10 rings (SSSR count). The van der Waals surface area contributed by atoms with Gasteiger partial charge in [-0.2, -0.15) is 43.9 Å². The van der Waals surface area contributed by atoms with Gasteiger partial charge in [-0.15, -0.1) is 0 Å². The number of carbonyl (C=O) groups excluding carboxylic acids is 1. The van der Waals surface area contributed by atoms with Crippen LogP contribution in [0.5, 0.6) is 0 Å². The number of fused-ring (bicyclic) bond motifs is 3. The highest BCUT2D eigenvalue weighted by molar-refractivity contribution is 6.07. The van der Waals surface area contributed by atoms with Crippen LogP contribution in [0.3, 0.4) is 0 Å². The van der Waals surface area contributed by atoms with Gasteiger partial charge in [0.25, 0.3) is 0 Å². The summed E-state index contributed by atoms with van der Waals surface area (Å²) < 4.78 is 82.9. The van der Waals surface area contributed by atoms with Crippen LogP contribution in [0.4, 0.5) is 26.3 Å². The molecule has 7 heterocycles. The SMILES string of the molecule is Cc1nc(-c2nn(Cc3ccccc3F)c3cnccc23)n[nH]1.N#Cc1nn(Cc2ccccc2F)c2cnccc12.N/C(=N\NC(=O)C(F)(F)F)c1nn(Cc2ccccc2F)c2cnccc12. The topological polar surface area (TPSA) is 225 Å². The number of rotatable bonds is 9. The fourth-order valence-corrected chi connectivity index (χ4v) is 6.90. The van der Waals surface area contributed by atoms with Gasteiger partial charge < -0.3 is 5.73 Å². The molecule has 0 fully saturated rings. The standard InChI is InChI=1S/C16H12F4N6O.C16H13FN6.C14H9FN4/c17-11-4-2-1-3-9(11)8-26-12-7-22-6-5-10(12)13(25-26)14(21)23-24-15(27)16(18,19)20;1-10-19-16(21-20-10)15-12-6-7-18-8-14(12)23(22-15)9-11-4-2-3-5-13(11)17;15-12-4-2-1-3-10(12)9-19-14-8-17-6-5-11(14)13(7-16)18-19/h1-7H,8H2,(H2,21,23)(H,24,27);2-8H,9H2,1H3,(H,19,20,21);1-6,8H,9H2. The van der Waals surface area contributed by atoms with E-state index in [0.717, 1.165) is 21.8 Å². The van der Waals surface area contributed by atoms with Gasteiger partial charge in [0.2, 0.25) is 5.82 Å². The molecule has 346 valence electrons. The normalized spacial score (nSPS) is 11.5. The first-order chi connectivity index (χ1) is 33.3. The lowest BCUT2D eigenvalue weighted by Crippen LogP contribution is -2.35. The fourth-order valence-electron chi connectivity index (χ4n) is 6.90. The minimum absolute atomic E-state index is 0.0335. The molecule has 23 heteroatoms. The van der Waals surface area contributed by atoms with Crippen LogP contribution in [0.25, 0.3) is 44.2 Å². The summed E-state index contributed by atoms with van der Waals surface area (Å²) in [4.78, 5) is 27.3. The zero-order valence-corrected chi connectivity index (χ0v) is 35.8.